The zero-order valence-electron chi connectivity index (χ0n) is 12.4. The molecule has 0 bridgehead atoms. The molecule has 1 amide bonds. The lowest BCUT2D eigenvalue weighted by molar-refractivity contribution is -0.117. The molecule has 0 saturated carbocycles. The van der Waals surface area contributed by atoms with E-state index in [0.29, 0.717) is 28.0 Å². The summed E-state index contributed by atoms with van der Waals surface area (Å²) in [5.74, 6) is 0.231. The number of tetrazole rings is 1. The summed E-state index contributed by atoms with van der Waals surface area (Å²) in [5.41, 5.74) is 1.25. The molecular formula is C15H12Cl2N6O. The van der Waals surface area contributed by atoms with Crippen molar-refractivity contribution in [2.24, 2.45) is 0 Å². The van der Waals surface area contributed by atoms with Gasteiger partial charge in [0.25, 0.3) is 0 Å². The van der Waals surface area contributed by atoms with Crippen LogP contribution < -0.4 is 5.32 Å². The highest BCUT2D eigenvalue weighted by molar-refractivity contribution is 6.35. The first kappa shape index (κ1) is 16.4. The summed E-state index contributed by atoms with van der Waals surface area (Å²) in [7, 11) is 0. The normalized spacial score (nSPS) is 10.6. The fourth-order valence-corrected chi connectivity index (χ4v) is 2.39. The Morgan fingerprint density at radius 2 is 2.08 bits per heavy atom. The highest BCUT2D eigenvalue weighted by atomic mass is 35.5. The van der Waals surface area contributed by atoms with E-state index in [1.165, 1.54) is 4.68 Å². The summed E-state index contributed by atoms with van der Waals surface area (Å²) in [4.78, 5) is 16.4. The largest absolute Gasteiger partial charge is 0.323 e. The number of amides is 1. The van der Waals surface area contributed by atoms with Crippen LogP contribution in [0.5, 0.6) is 0 Å². The van der Waals surface area contributed by atoms with Crippen LogP contribution in [0.2, 0.25) is 10.0 Å². The number of hydrogen-bond donors (Lipinski definition) is 1. The standard InChI is InChI=1S/C15H12Cl2N6O/c16-10-4-5-12(17)13(7-10)19-15(24)9-23-14(20-21-22-23)8-11-3-1-2-6-18-11/h1-7H,8-9H2,(H,19,24). The van der Waals surface area contributed by atoms with Crippen LogP contribution in [0.1, 0.15) is 11.5 Å². The Balaban J connectivity index is 1.69. The Bertz CT molecular complexity index is 852. The molecule has 1 N–H and O–H groups in total. The second-order valence-electron chi connectivity index (χ2n) is 4.92. The number of pyridine rings is 1. The lowest BCUT2D eigenvalue weighted by Crippen LogP contribution is -2.21. The molecule has 3 aromatic rings. The predicted molar refractivity (Wildman–Crippen MR) is 90.0 cm³/mol. The van der Waals surface area contributed by atoms with E-state index in [1.807, 2.05) is 18.2 Å². The molecule has 3 rings (SSSR count). The van der Waals surface area contributed by atoms with Crippen molar-refractivity contribution in [2.75, 3.05) is 5.32 Å². The van der Waals surface area contributed by atoms with Gasteiger partial charge in [-0.15, -0.1) is 5.10 Å². The maximum absolute atomic E-state index is 12.2. The molecule has 0 aliphatic heterocycles. The molecule has 2 heterocycles. The van der Waals surface area contributed by atoms with Crippen LogP contribution >= 0.6 is 23.2 Å². The number of nitrogens with zero attached hydrogens (tertiary/aromatic N) is 5. The first-order chi connectivity index (χ1) is 11.6. The van der Waals surface area contributed by atoms with Crippen molar-refractivity contribution in [3.05, 3.63) is 64.2 Å². The lowest BCUT2D eigenvalue weighted by Gasteiger charge is -2.08. The number of aromatic nitrogens is 5. The van der Waals surface area contributed by atoms with E-state index in [-0.39, 0.29) is 12.5 Å². The highest BCUT2D eigenvalue weighted by Gasteiger charge is 2.13. The van der Waals surface area contributed by atoms with E-state index >= 15 is 0 Å². The quantitative estimate of drug-likeness (QED) is 0.753. The van der Waals surface area contributed by atoms with Crippen LogP contribution in [0, 0.1) is 0 Å². The Labute approximate surface area is 147 Å². The zero-order chi connectivity index (χ0) is 16.9. The van der Waals surface area contributed by atoms with Gasteiger partial charge in [-0.05, 0) is 40.8 Å². The maximum Gasteiger partial charge on any atom is 0.246 e. The molecule has 2 aromatic heterocycles. The van der Waals surface area contributed by atoms with Crippen molar-refractivity contribution in [3.63, 3.8) is 0 Å². The van der Waals surface area contributed by atoms with Gasteiger partial charge in [0.15, 0.2) is 5.82 Å². The van der Waals surface area contributed by atoms with Gasteiger partial charge < -0.3 is 5.32 Å². The van der Waals surface area contributed by atoms with Crippen LogP contribution in [0.25, 0.3) is 0 Å². The number of anilines is 1. The average Bonchev–Trinajstić information content (AvgIpc) is 2.99. The van der Waals surface area contributed by atoms with Gasteiger partial charge in [-0.3, -0.25) is 9.78 Å². The molecule has 0 radical (unpaired) electrons. The third-order valence-electron chi connectivity index (χ3n) is 3.17. The molecule has 0 unspecified atom stereocenters. The molecule has 0 aliphatic rings. The fraction of sp³-hybridized carbons (Fsp3) is 0.133. The number of rotatable bonds is 5. The summed E-state index contributed by atoms with van der Waals surface area (Å²) < 4.78 is 1.42. The molecule has 0 atom stereocenters. The molecule has 0 fully saturated rings. The van der Waals surface area contributed by atoms with Gasteiger partial charge in [-0.25, -0.2) is 4.68 Å². The first-order valence-corrected chi connectivity index (χ1v) is 7.77. The first-order valence-electron chi connectivity index (χ1n) is 7.01. The smallest absolute Gasteiger partial charge is 0.246 e. The Morgan fingerprint density at radius 3 is 2.88 bits per heavy atom. The highest BCUT2D eigenvalue weighted by Crippen LogP contribution is 2.25. The molecular weight excluding hydrogens is 351 g/mol. The third-order valence-corrected chi connectivity index (χ3v) is 3.73. The minimum absolute atomic E-state index is 0.0436. The van der Waals surface area contributed by atoms with E-state index in [0.717, 1.165) is 5.69 Å². The Morgan fingerprint density at radius 1 is 1.21 bits per heavy atom. The number of halogens is 2. The second-order valence-corrected chi connectivity index (χ2v) is 5.77. The van der Waals surface area contributed by atoms with Crippen molar-refractivity contribution in [3.8, 4) is 0 Å². The van der Waals surface area contributed by atoms with Gasteiger partial charge in [0.1, 0.15) is 6.54 Å². The summed E-state index contributed by atoms with van der Waals surface area (Å²) in [5, 5.41) is 15.0. The minimum Gasteiger partial charge on any atom is -0.323 e. The van der Waals surface area contributed by atoms with E-state index < -0.39 is 0 Å². The van der Waals surface area contributed by atoms with Crippen molar-refractivity contribution in [1.29, 1.82) is 0 Å². The molecule has 9 heteroatoms. The van der Waals surface area contributed by atoms with Crippen molar-refractivity contribution in [2.45, 2.75) is 13.0 Å². The number of nitrogens with one attached hydrogen (secondary N) is 1. The molecule has 1 aromatic carbocycles. The second kappa shape index (κ2) is 7.37. The zero-order valence-corrected chi connectivity index (χ0v) is 13.9. The maximum atomic E-state index is 12.2. The van der Waals surface area contributed by atoms with E-state index in [4.69, 9.17) is 23.2 Å². The number of benzene rings is 1. The van der Waals surface area contributed by atoms with Crippen molar-refractivity contribution < 1.29 is 4.79 Å². The summed E-state index contributed by atoms with van der Waals surface area (Å²) >= 11 is 11.9. The molecule has 0 saturated heterocycles. The third kappa shape index (κ3) is 4.06. The number of hydrogen-bond acceptors (Lipinski definition) is 5. The topological polar surface area (TPSA) is 85.6 Å². The summed E-state index contributed by atoms with van der Waals surface area (Å²) in [6.45, 7) is -0.0436. The van der Waals surface area contributed by atoms with Gasteiger partial charge in [0, 0.05) is 16.9 Å². The van der Waals surface area contributed by atoms with Crippen molar-refractivity contribution >= 4 is 34.8 Å². The fourth-order valence-electron chi connectivity index (χ4n) is 2.06. The van der Waals surface area contributed by atoms with Gasteiger partial charge >= 0.3 is 0 Å². The van der Waals surface area contributed by atoms with Crippen LogP contribution in [0.3, 0.4) is 0 Å². The molecule has 0 spiro atoms. The molecule has 0 aliphatic carbocycles. The lowest BCUT2D eigenvalue weighted by atomic mass is 10.2. The van der Waals surface area contributed by atoms with E-state index in [1.54, 1.807) is 24.4 Å². The van der Waals surface area contributed by atoms with E-state index in [9.17, 15) is 4.79 Å². The molecule has 122 valence electrons. The van der Waals surface area contributed by atoms with Crippen molar-refractivity contribution in [1.82, 2.24) is 25.2 Å². The summed E-state index contributed by atoms with van der Waals surface area (Å²) in [6.07, 6.45) is 2.12. The van der Waals surface area contributed by atoms with Crippen LogP contribution in [0.4, 0.5) is 5.69 Å². The van der Waals surface area contributed by atoms with Crippen LogP contribution in [0.15, 0.2) is 42.6 Å². The van der Waals surface area contributed by atoms with Gasteiger partial charge in [-0.2, -0.15) is 0 Å². The Hall–Kier alpha value is -2.51. The minimum atomic E-state index is -0.311. The van der Waals surface area contributed by atoms with Gasteiger partial charge in [0.05, 0.1) is 17.1 Å². The van der Waals surface area contributed by atoms with Crippen LogP contribution in [-0.2, 0) is 17.8 Å². The van der Waals surface area contributed by atoms with Gasteiger partial charge in [0.2, 0.25) is 5.91 Å². The molecule has 7 nitrogen and oxygen atoms in total. The van der Waals surface area contributed by atoms with Crippen LogP contribution in [-0.4, -0.2) is 31.1 Å². The predicted octanol–water partition coefficient (Wildman–Crippen LogP) is 2.60. The summed E-state index contributed by atoms with van der Waals surface area (Å²) in [6, 6.07) is 10.4. The van der Waals surface area contributed by atoms with E-state index in [2.05, 4.69) is 25.8 Å². The average molecular weight is 363 g/mol. The van der Waals surface area contributed by atoms with Gasteiger partial charge in [-0.1, -0.05) is 29.3 Å². The number of carbonyl (C=O) groups is 1. The Kier molecular flexibility index (Phi) is 5.02. The monoisotopic (exact) mass is 362 g/mol. The molecule has 24 heavy (non-hydrogen) atoms. The SMILES string of the molecule is O=C(Cn1nnnc1Cc1ccccn1)Nc1cc(Cl)ccc1Cl. The number of carbonyl (C=O) groups excluding carboxylic acids is 1.